The quantitative estimate of drug-likeness (QED) is 0.229. The third-order valence-corrected chi connectivity index (χ3v) is 7.01. The number of unbranched alkanes of at least 4 members (excludes halogenated alkanes) is 1. The van der Waals surface area contributed by atoms with Gasteiger partial charge in [-0.15, -0.1) is 11.3 Å². The molecule has 164 valence electrons. The number of fused-ring (bicyclic) bond motifs is 3. The van der Waals surface area contributed by atoms with E-state index in [1.807, 2.05) is 12.1 Å². The van der Waals surface area contributed by atoms with Crippen LogP contribution in [0.5, 0.6) is 0 Å². The molecule has 3 aromatic heterocycles. The second kappa shape index (κ2) is 9.62. The second-order valence-electron chi connectivity index (χ2n) is 7.31. The van der Waals surface area contributed by atoms with Crippen molar-refractivity contribution in [2.45, 2.75) is 38.4 Å². The number of hydrogen-bond donors (Lipinski definition) is 1. The molecule has 3 heterocycles. The van der Waals surface area contributed by atoms with Crippen LogP contribution in [-0.4, -0.2) is 32.0 Å². The van der Waals surface area contributed by atoms with Crippen molar-refractivity contribution >= 4 is 60.9 Å². The van der Waals surface area contributed by atoms with Crippen LogP contribution < -0.4 is 10.9 Å². The Morgan fingerprint density at radius 1 is 1.22 bits per heavy atom. The summed E-state index contributed by atoms with van der Waals surface area (Å²) in [4.78, 5) is 47.3. The van der Waals surface area contributed by atoms with Crippen molar-refractivity contribution in [1.82, 2.24) is 14.5 Å². The first-order valence-electron chi connectivity index (χ1n) is 10.3. The van der Waals surface area contributed by atoms with E-state index in [0.29, 0.717) is 33.2 Å². The van der Waals surface area contributed by atoms with Gasteiger partial charge in [0.1, 0.15) is 9.53 Å². The number of aromatic nitrogens is 3. The molecule has 0 spiro atoms. The standard InChI is InChI=1S/C23H22N4O3S2/c1-3-4-11-27-22(30)20-19(17-9-6-10-24-21(17)32-20)26-23(27)31-13-18(29)25-16-8-5-7-15(12-16)14(2)28/h5-10,12H,3-4,11,13H2,1-2H3,(H,25,29). The summed E-state index contributed by atoms with van der Waals surface area (Å²) < 4.78 is 2.25. The van der Waals surface area contributed by atoms with E-state index in [-0.39, 0.29) is 23.0 Å². The lowest BCUT2D eigenvalue weighted by Crippen LogP contribution is -2.23. The number of anilines is 1. The molecule has 1 N–H and O–H groups in total. The van der Waals surface area contributed by atoms with E-state index in [0.717, 1.165) is 23.1 Å². The van der Waals surface area contributed by atoms with Crippen LogP contribution in [-0.2, 0) is 11.3 Å². The Morgan fingerprint density at radius 2 is 2.06 bits per heavy atom. The van der Waals surface area contributed by atoms with Gasteiger partial charge in [0, 0.05) is 29.4 Å². The topological polar surface area (TPSA) is 93.9 Å². The highest BCUT2D eigenvalue weighted by atomic mass is 32.2. The number of thiophene rings is 1. The molecule has 9 heteroatoms. The summed E-state index contributed by atoms with van der Waals surface area (Å²) >= 11 is 2.58. The first kappa shape index (κ1) is 22.2. The Bertz CT molecular complexity index is 1380. The summed E-state index contributed by atoms with van der Waals surface area (Å²) in [6.45, 7) is 4.10. The van der Waals surface area contributed by atoms with Crippen molar-refractivity contribution < 1.29 is 9.59 Å². The minimum absolute atomic E-state index is 0.0644. The van der Waals surface area contributed by atoms with Gasteiger partial charge in [-0.05, 0) is 37.6 Å². The van der Waals surface area contributed by atoms with Crippen LogP contribution in [0.4, 0.5) is 5.69 Å². The maximum atomic E-state index is 13.2. The molecule has 32 heavy (non-hydrogen) atoms. The Labute approximate surface area is 192 Å². The highest BCUT2D eigenvalue weighted by molar-refractivity contribution is 7.99. The maximum absolute atomic E-state index is 13.2. The van der Waals surface area contributed by atoms with Crippen LogP contribution in [0.15, 0.2) is 52.5 Å². The van der Waals surface area contributed by atoms with Crippen LogP contribution >= 0.6 is 23.1 Å². The molecule has 0 bridgehead atoms. The molecule has 0 saturated heterocycles. The second-order valence-corrected chi connectivity index (χ2v) is 9.26. The van der Waals surface area contributed by atoms with Gasteiger partial charge in [-0.1, -0.05) is 37.2 Å². The van der Waals surface area contributed by atoms with Gasteiger partial charge >= 0.3 is 0 Å². The fourth-order valence-corrected chi connectivity index (χ4v) is 5.16. The van der Waals surface area contributed by atoms with E-state index in [9.17, 15) is 14.4 Å². The zero-order valence-corrected chi connectivity index (χ0v) is 19.4. The van der Waals surface area contributed by atoms with Crippen molar-refractivity contribution in [2.24, 2.45) is 0 Å². The molecule has 0 aliphatic rings. The van der Waals surface area contributed by atoms with E-state index >= 15 is 0 Å². The zero-order chi connectivity index (χ0) is 22.7. The number of Topliss-reactive ketones (excluding diaryl/α,β-unsaturated/α-hetero) is 1. The Balaban J connectivity index is 1.61. The monoisotopic (exact) mass is 466 g/mol. The first-order chi connectivity index (χ1) is 15.5. The lowest BCUT2D eigenvalue weighted by Gasteiger charge is -2.12. The number of pyridine rings is 1. The van der Waals surface area contributed by atoms with Gasteiger partial charge in [-0.25, -0.2) is 9.97 Å². The minimum atomic E-state index is -0.232. The molecule has 0 aliphatic heterocycles. The van der Waals surface area contributed by atoms with Gasteiger partial charge in [0.25, 0.3) is 5.56 Å². The number of carbonyl (C=O) groups is 2. The first-order valence-corrected chi connectivity index (χ1v) is 12.1. The minimum Gasteiger partial charge on any atom is -0.325 e. The molecule has 0 radical (unpaired) electrons. The van der Waals surface area contributed by atoms with Crippen molar-refractivity contribution in [2.75, 3.05) is 11.1 Å². The molecule has 0 fully saturated rings. The fourth-order valence-electron chi connectivity index (χ4n) is 3.31. The van der Waals surface area contributed by atoms with Crippen LogP contribution in [0.3, 0.4) is 0 Å². The highest BCUT2D eigenvalue weighted by Gasteiger charge is 2.17. The zero-order valence-electron chi connectivity index (χ0n) is 17.8. The highest BCUT2D eigenvalue weighted by Crippen LogP contribution is 2.30. The lowest BCUT2D eigenvalue weighted by atomic mass is 10.1. The molecule has 0 saturated carbocycles. The summed E-state index contributed by atoms with van der Waals surface area (Å²) in [6.07, 6.45) is 3.48. The normalized spacial score (nSPS) is 11.2. The number of nitrogens with zero attached hydrogens (tertiary/aromatic N) is 3. The molecular formula is C23H22N4O3S2. The lowest BCUT2D eigenvalue weighted by molar-refractivity contribution is -0.113. The van der Waals surface area contributed by atoms with E-state index < -0.39 is 0 Å². The number of nitrogens with one attached hydrogen (secondary N) is 1. The number of benzene rings is 1. The molecule has 4 rings (SSSR count). The number of carbonyl (C=O) groups excluding carboxylic acids is 2. The van der Waals surface area contributed by atoms with Crippen LogP contribution in [0, 0.1) is 0 Å². The molecule has 7 nitrogen and oxygen atoms in total. The summed E-state index contributed by atoms with van der Waals surface area (Å²) in [6, 6.07) is 10.6. The van der Waals surface area contributed by atoms with E-state index in [1.165, 1.54) is 30.0 Å². The largest absolute Gasteiger partial charge is 0.325 e. The van der Waals surface area contributed by atoms with Crippen molar-refractivity contribution in [3.63, 3.8) is 0 Å². The van der Waals surface area contributed by atoms with Gasteiger partial charge in [-0.2, -0.15) is 0 Å². The number of amides is 1. The molecule has 1 amide bonds. The molecular weight excluding hydrogens is 444 g/mol. The number of thioether (sulfide) groups is 1. The number of ketones is 1. The van der Waals surface area contributed by atoms with Gasteiger partial charge in [0.15, 0.2) is 10.9 Å². The maximum Gasteiger partial charge on any atom is 0.272 e. The predicted molar refractivity (Wildman–Crippen MR) is 130 cm³/mol. The Hall–Kier alpha value is -3.04. The average molecular weight is 467 g/mol. The van der Waals surface area contributed by atoms with E-state index in [4.69, 9.17) is 4.98 Å². The van der Waals surface area contributed by atoms with E-state index in [2.05, 4.69) is 17.2 Å². The third kappa shape index (κ3) is 4.58. The summed E-state index contributed by atoms with van der Waals surface area (Å²) in [5.74, 6) is -0.205. The fraction of sp³-hybridized carbons (Fsp3) is 0.261. The van der Waals surface area contributed by atoms with E-state index in [1.54, 1.807) is 35.0 Å². The number of hydrogen-bond acceptors (Lipinski definition) is 7. The predicted octanol–water partition coefficient (Wildman–Crippen LogP) is 4.74. The van der Waals surface area contributed by atoms with Crippen molar-refractivity contribution in [3.05, 3.63) is 58.5 Å². The van der Waals surface area contributed by atoms with Crippen LogP contribution in [0.25, 0.3) is 20.4 Å². The number of rotatable bonds is 8. The van der Waals surface area contributed by atoms with Crippen LogP contribution in [0.1, 0.15) is 37.0 Å². The third-order valence-electron chi connectivity index (χ3n) is 4.94. The molecule has 0 aliphatic carbocycles. The summed E-state index contributed by atoms with van der Waals surface area (Å²) in [5.41, 5.74) is 1.63. The Kier molecular flexibility index (Phi) is 6.66. The van der Waals surface area contributed by atoms with Crippen LogP contribution in [0.2, 0.25) is 0 Å². The van der Waals surface area contributed by atoms with Gasteiger partial charge < -0.3 is 5.32 Å². The van der Waals surface area contributed by atoms with Gasteiger partial charge in [0.05, 0.1) is 11.3 Å². The van der Waals surface area contributed by atoms with Gasteiger partial charge in [-0.3, -0.25) is 19.0 Å². The smallest absolute Gasteiger partial charge is 0.272 e. The Morgan fingerprint density at radius 3 is 2.84 bits per heavy atom. The summed E-state index contributed by atoms with van der Waals surface area (Å²) in [5, 5.41) is 4.18. The van der Waals surface area contributed by atoms with Crippen molar-refractivity contribution in [3.8, 4) is 0 Å². The SMILES string of the molecule is CCCCn1c(SCC(=O)Nc2cccc(C(C)=O)c2)nc2c(sc3ncccc32)c1=O. The molecule has 1 aromatic carbocycles. The molecule has 4 aromatic rings. The molecule has 0 unspecified atom stereocenters. The van der Waals surface area contributed by atoms with Gasteiger partial charge in [0.2, 0.25) is 5.91 Å². The van der Waals surface area contributed by atoms with Crippen molar-refractivity contribution in [1.29, 1.82) is 0 Å². The molecule has 0 atom stereocenters. The summed E-state index contributed by atoms with van der Waals surface area (Å²) in [7, 11) is 0. The average Bonchev–Trinajstić information content (AvgIpc) is 3.16.